The fourth-order valence-electron chi connectivity index (χ4n) is 8.07. The highest BCUT2D eigenvalue weighted by molar-refractivity contribution is 5.76. The summed E-state index contributed by atoms with van der Waals surface area (Å²) in [6.07, 6.45) is 46.2. The number of nitrogens with one attached hydrogen (secondary N) is 1. The highest BCUT2D eigenvalue weighted by atomic mass is 16.7. The van der Waals surface area contributed by atoms with Gasteiger partial charge in [0, 0.05) is 6.42 Å². The first-order valence-corrected chi connectivity index (χ1v) is 25.7. The maximum atomic E-state index is 13.0. The molecular weight excluding hydrogens is 767 g/mol. The van der Waals surface area contributed by atoms with Crippen LogP contribution in [0, 0.1) is 0 Å². The molecule has 1 heterocycles. The predicted octanol–water partition coefficient (Wildman–Crippen LogP) is 11.6. The number of hydrogen-bond donors (Lipinski definition) is 6. The van der Waals surface area contributed by atoms with Gasteiger partial charge in [0.1, 0.15) is 24.4 Å². The molecule has 9 nitrogen and oxygen atoms in total. The van der Waals surface area contributed by atoms with Crippen LogP contribution in [0.15, 0.2) is 36.5 Å². The Labute approximate surface area is 374 Å². The summed E-state index contributed by atoms with van der Waals surface area (Å²) in [5, 5.41) is 54.3. The summed E-state index contributed by atoms with van der Waals surface area (Å²) in [7, 11) is 0. The van der Waals surface area contributed by atoms with Crippen molar-refractivity contribution in [3.05, 3.63) is 36.5 Å². The van der Waals surface area contributed by atoms with E-state index >= 15 is 0 Å². The molecule has 7 unspecified atom stereocenters. The molecule has 0 radical (unpaired) electrons. The quantitative estimate of drug-likeness (QED) is 0.0262. The van der Waals surface area contributed by atoms with Crippen molar-refractivity contribution in [1.29, 1.82) is 0 Å². The van der Waals surface area contributed by atoms with Crippen LogP contribution in [0.5, 0.6) is 0 Å². The van der Waals surface area contributed by atoms with Gasteiger partial charge in [-0.15, -0.1) is 0 Å². The molecule has 61 heavy (non-hydrogen) atoms. The van der Waals surface area contributed by atoms with Crippen molar-refractivity contribution in [2.24, 2.45) is 0 Å². The summed E-state index contributed by atoms with van der Waals surface area (Å²) in [5.74, 6) is -0.188. The maximum Gasteiger partial charge on any atom is 0.220 e. The summed E-state index contributed by atoms with van der Waals surface area (Å²) in [6.45, 7) is 3.77. The maximum absolute atomic E-state index is 13.0. The van der Waals surface area contributed by atoms with Gasteiger partial charge in [0.2, 0.25) is 5.91 Å². The minimum absolute atomic E-state index is 0.188. The van der Waals surface area contributed by atoms with Crippen LogP contribution in [0.1, 0.15) is 232 Å². The Morgan fingerprint density at radius 1 is 0.541 bits per heavy atom. The Bertz CT molecular complexity index is 1050. The molecule has 1 amide bonds. The van der Waals surface area contributed by atoms with Crippen LogP contribution >= 0.6 is 0 Å². The lowest BCUT2D eigenvalue weighted by molar-refractivity contribution is -0.302. The average Bonchev–Trinajstić information content (AvgIpc) is 3.26. The normalized spacial score (nSPS) is 20.7. The molecule has 6 N–H and O–H groups in total. The number of carbonyl (C=O) groups excluding carboxylic acids is 1. The summed E-state index contributed by atoms with van der Waals surface area (Å²) in [6, 6.07) is -0.825. The Balaban J connectivity index is 2.33. The Kier molecular flexibility index (Phi) is 39.9. The standard InChI is InChI=1S/C52H97NO8/c1-3-5-7-9-11-13-15-17-19-21-23-25-27-29-31-33-35-37-39-41-46(55)45(44-60-52-51(59)50(58)49(57)47(43-54)61-52)53-48(56)42-40-38-36-34-32-30-28-26-24-22-20-18-16-14-12-10-8-6-4-2/h23,25,31,33,39,41,45-47,49-52,54-55,57-59H,3-22,24,26-30,32,34-38,40,42-44H2,1-2H3,(H,53,56)/b25-23+,33-31+,41-39+. The molecule has 1 fully saturated rings. The third-order valence-corrected chi connectivity index (χ3v) is 12.2. The highest BCUT2D eigenvalue weighted by Crippen LogP contribution is 2.23. The number of carbonyl (C=O) groups is 1. The van der Waals surface area contributed by atoms with Crippen LogP contribution in [0.25, 0.3) is 0 Å². The monoisotopic (exact) mass is 864 g/mol. The van der Waals surface area contributed by atoms with E-state index < -0.39 is 49.5 Å². The molecule has 0 aromatic carbocycles. The van der Waals surface area contributed by atoms with Crippen LogP contribution < -0.4 is 5.32 Å². The molecule has 1 aliphatic rings. The molecule has 0 bridgehead atoms. The van der Waals surface area contributed by atoms with Crippen molar-refractivity contribution in [1.82, 2.24) is 5.32 Å². The Morgan fingerprint density at radius 2 is 0.934 bits per heavy atom. The first-order valence-electron chi connectivity index (χ1n) is 25.7. The first kappa shape index (κ1) is 57.4. The van der Waals surface area contributed by atoms with E-state index in [1.165, 1.54) is 167 Å². The Morgan fingerprint density at radius 3 is 1.38 bits per heavy atom. The van der Waals surface area contributed by atoms with Gasteiger partial charge in [-0.1, -0.05) is 217 Å². The summed E-state index contributed by atoms with van der Waals surface area (Å²) >= 11 is 0. The van der Waals surface area contributed by atoms with Gasteiger partial charge in [-0.2, -0.15) is 0 Å². The smallest absolute Gasteiger partial charge is 0.220 e. The van der Waals surface area contributed by atoms with Gasteiger partial charge >= 0.3 is 0 Å². The fraction of sp³-hybridized carbons (Fsp3) is 0.865. The zero-order valence-electron chi connectivity index (χ0n) is 39.4. The van der Waals surface area contributed by atoms with E-state index in [-0.39, 0.29) is 12.5 Å². The first-order chi connectivity index (χ1) is 29.8. The number of amides is 1. The third-order valence-electron chi connectivity index (χ3n) is 12.2. The zero-order valence-corrected chi connectivity index (χ0v) is 39.4. The molecule has 0 saturated carbocycles. The number of aliphatic hydroxyl groups excluding tert-OH is 5. The van der Waals surface area contributed by atoms with E-state index in [0.29, 0.717) is 6.42 Å². The molecule has 7 atom stereocenters. The Hall–Kier alpha value is -1.59. The molecule has 1 aliphatic heterocycles. The molecule has 1 saturated heterocycles. The number of rotatable bonds is 43. The van der Waals surface area contributed by atoms with Crippen LogP contribution in [-0.4, -0.2) is 87.5 Å². The molecule has 0 aliphatic carbocycles. The number of hydrogen-bond acceptors (Lipinski definition) is 8. The summed E-state index contributed by atoms with van der Waals surface area (Å²) in [4.78, 5) is 13.0. The second kappa shape index (κ2) is 42.4. The minimum atomic E-state index is -1.57. The molecular formula is C52H97NO8. The van der Waals surface area contributed by atoms with E-state index in [1.807, 2.05) is 6.08 Å². The van der Waals surface area contributed by atoms with Gasteiger partial charge in [-0.25, -0.2) is 0 Å². The van der Waals surface area contributed by atoms with Crippen LogP contribution in [0.2, 0.25) is 0 Å². The average molecular weight is 864 g/mol. The lowest BCUT2D eigenvalue weighted by Crippen LogP contribution is -2.60. The van der Waals surface area contributed by atoms with Crippen molar-refractivity contribution < 1.29 is 39.8 Å². The van der Waals surface area contributed by atoms with E-state index in [9.17, 15) is 30.3 Å². The minimum Gasteiger partial charge on any atom is -0.394 e. The molecule has 0 aromatic heterocycles. The van der Waals surface area contributed by atoms with Gasteiger partial charge in [-0.3, -0.25) is 4.79 Å². The van der Waals surface area contributed by atoms with E-state index in [2.05, 4.69) is 43.5 Å². The molecule has 0 aromatic rings. The molecule has 358 valence electrons. The largest absolute Gasteiger partial charge is 0.394 e. The van der Waals surface area contributed by atoms with Crippen molar-refractivity contribution in [2.75, 3.05) is 13.2 Å². The predicted molar refractivity (Wildman–Crippen MR) is 253 cm³/mol. The highest BCUT2D eigenvalue weighted by Gasteiger charge is 2.44. The van der Waals surface area contributed by atoms with Crippen LogP contribution in [-0.2, 0) is 14.3 Å². The fourth-order valence-corrected chi connectivity index (χ4v) is 8.07. The number of aliphatic hydroxyl groups is 5. The van der Waals surface area contributed by atoms with Gasteiger partial charge < -0.3 is 40.3 Å². The van der Waals surface area contributed by atoms with Gasteiger partial charge in [0.25, 0.3) is 0 Å². The van der Waals surface area contributed by atoms with Gasteiger partial charge in [-0.05, 0) is 44.9 Å². The van der Waals surface area contributed by atoms with Crippen molar-refractivity contribution >= 4 is 5.91 Å². The lowest BCUT2D eigenvalue weighted by atomic mass is 9.99. The molecule has 9 heteroatoms. The number of allylic oxidation sites excluding steroid dienone is 5. The second-order valence-electron chi connectivity index (χ2n) is 18.0. The SMILES string of the molecule is CCCCCCCCCCC/C=C/CC/C=C/CC/C=C/C(O)C(COC1OC(CO)C(O)C(O)C1O)NC(=O)CCCCCCCCCCCCCCCCCCCCC. The van der Waals surface area contributed by atoms with E-state index in [0.717, 1.165) is 44.9 Å². The molecule has 0 spiro atoms. The van der Waals surface area contributed by atoms with Crippen molar-refractivity contribution in [3.8, 4) is 0 Å². The molecule has 1 rings (SSSR count). The van der Waals surface area contributed by atoms with Gasteiger partial charge in [0.05, 0.1) is 25.4 Å². The topological polar surface area (TPSA) is 149 Å². The van der Waals surface area contributed by atoms with Crippen LogP contribution in [0.4, 0.5) is 0 Å². The van der Waals surface area contributed by atoms with Gasteiger partial charge in [0.15, 0.2) is 6.29 Å². The summed E-state index contributed by atoms with van der Waals surface area (Å²) < 4.78 is 11.2. The summed E-state index contributed by atoms with van der Waals surface area (Å²) in [5.41, 5.74) is 0. The van der Waals surface area contributed by atoms with Crippen molar-refractivity contribution in [3.63, 3.8) is 0 Å². The lowest BCUT2D eigenvalue weighted by Gasteiger charge is -2.40. The third kappa shape index (κ3) is 32.7. The number of ether oxygens (including phenoxy) is 2. The number of unbranched alkanes of at least 4 members (excludes halogenated alkanes) is 29. The van der Waals surface area contributed by atoms with Crippen LogP contribution in [0.3, 0.4) is 0 Å². The van der Waals surface area contributed by atoms with E-state index in [1.54, 1.807) is 6.08 Å². The zero-order chi connectivity index (χ0) is 44.4. The van der Waals surface area contributed by atoms with E-state index in [4.69, 9.17) is 9.47 Å². The van der Waals surface area contributed by atoms with Crippen molar-refractivity contribution in [2.45, 2.75) is 275 Å². The second-order valence-corrected chi connectivity index (χ2v) is 18.0.